The van der Waals surface area contributed by atoms with E-state index in [1.165, 1.54) is 37.7 Å². The van der Waals surface area contributed by atoms with Gasteiger partial charge in [0.25, 0.3) is 5.91 Å². The van der Waals surface area contributed by atoms with E-state index in [1.54, 1.807) is 24.5 Å². The number of pyridine rings is 1. The minimum absolute atomic E-state index is 0.0838. The molecular formula is C27H37N3O2. The molecule has 4 aliphatic carbocycles. The smallest absolute Gasteiger partial charge is 0.271 e. The number of carbonyl (C=O) groups excluding carboxylic acids is 1. The highest BCUT2D eigenvalue weighted by molar-refractivity contribution is 6.01. The number of aliphatic hydroxyl groups is 1. The quantitative estimate of drug-likeness (QED) is 0.511. The topological polar surface area (TPSA) is 74.6 Å². The number of hydrazone groups is 1. The van der Waals surface area contributed by atoms with Crippen molar-refractivity contribution in [2.45, 2.75) is 78.2 Å². The molecule has 7 atom stereocenters. The molecule has 0 saturated heterocycles. The summed E-state index contributed by atoms with van der Waals surface area (Å²) in [5.74, 6) is 2.71. The summed E-state index contributed by atoms with van der Waals surface area (Å²) in [7, 11) is 0. The second-order valence-corrected chi connectivity index (χ2v) is 11.3. The highest BCUT2D eigenvalue weighted by atomic mass is 16.3. The fourth-order valence-corrected chi connectivity index (χ4v) is 8.13. The molecule has 172 valence electrons. The zero-order chi connectivity index (χ0) is 22.5. The van der Waals surface area contributed by atoms with Gasteiger partial charge in [-0.25, -0.2) is 5.43 Å². The first-order chi connectivity index (χ1) is 15.3. The molecule has 0 bridgehead atoms. The van der Waals surface area contributed by atoms with Gasteiger partial charge in [-0.2, -0.15) is 5.10 Å². The SMILES string of the molecule is CC(=NNC(=O)c1ccncc1)C1=CC[C@H]2[C@H]3CC[C@@H]4C[C@@H](O)CC[C@]4(C)[C@H]3CC[C@]12C. The number of nitrogens with zero attached hydrogens (tertiary/aromatic N) is 2. The van der Waals surface area contributed by atoms with E-state index in [0.29, 0.717) is 22.8 Å². The van der Waals surface area contributed by atoms with E-state index in [2.05, 4.69) is 35.4 Å². The lowest BCUT2D eigenvalue weighted by molar-refractivity contribution is -0.117. The van der Waals surface area contributed by atoms with E-state index in [4.69, 9.17) is 0 Å². The summed E-state index contributed by atoms with van der Waals surface area (Å²) < 4.78 is 0. The monoisotopic (exact) mass is 435 g/mol. The third kappa shape index (κ3) is 3.44. The summed E-state index contributed by atoms with van der Waals surface area (Å²) in [5.41, 5.74) is 6.14. The molecule has 3 saturated carbocycles. The summed E-state index contributed by atoms with van der Waals surface area (Å²) in [6.45, 7) is 7.02. The van der Waals surface area contributed by atoms with Gasteiger partial charge < -0.3 is 5.11 Å². The van der Waals surface area contributed by atoms with Gasteiger partial charge in [-0.05, 0) is 110 Å². The Bertz CT molecular complexity index is 941. The summed E-state index contributed by atoms with van der Waals surface area (Å²) in [6.07, 6.45) is 14.9. The summed E-state index contributed by atoms with van der Waals surface area (Å²) >= 11 is 0. The molecule has 0 unspecified atom stereocenters. The molecule has 5 rings (SSSR count). The van der Waals surface area contributed by atoms with Crippen LogP contribution in [0.5, 0.6) is 0 Å². The molecule has 1 aromatic rings. The number of aromatic nitrogens is 1. The van der Waals surface area contributed by atoms with E-state index in [9.17, 15) is 9.90 Å². The Hall–Kier alpha value is -2.01. The fraction of sp³-hybridized carbons (Fsp3) is 0.667. The molecule has 3 fully saturated rings. The Morgan fingerprint density at radius 3 is 2.69 bits per heavy atom. The molecule has 0 aromatic carbocycles. The number of aliphatic hydroxyl groups excluding tert-OH is 1. The van der Waals surface area contributed by atoms with Crippen molar-refractivity contribution in [1.29, 1.82) is 0 Å². The molecule has 32 heavy (non-hydrogen) atoms. The largest absolute Gasteiger partial charge is 0.393 e. The first-order valence-corrected chi connectivity index (χ1v) is 12.5. The third-order valence-electron chi connectivity index (χ3n) is 9.88. The maximum atomic E-state index is 12.4. The number of hydrogen-bond donors (Lipinski definition) is 2. The number of allylic oxidation sites excluding steroid dienone is 2. The highest BCUT2D eigenvalue weighted by Crippen LogP contribution is 2.66. The molecular weight excluding hydrogens is 398 g/mol. The lowest BCUT2D eigenvalue weighted by Crippen LogP contribution is -2.53. The van der Waals surface area contributed by atoms with Crippen molar-refractivity contribution in [3.8, 4) is 0 Å². The first kappa shape index (κ1) is 21.8. The van der Waals surface area contributed by atoms with Gasteiger partial charge in [0.15, 0.2) is 0 Å². The average Bonchev–Trinajstić information content (AvgIpc) is 3.15. The first-order valence-electron chi connectivity index (χ1n) is 12.5. The Morgan fingerprint density at radius 2 is 1.91 bits per heavy atom. The summed E-state index contributed by atoms with van der Waals surface area (Å²) in [6, 6.07) is 3.41. The summed E-state index contributed by atoms with van der Waals surface area (Å²) in [4.78, 5) is 16.4. The van der Waals surface area contributed by atoms with Gasteiger partial charge in [-0.3, -0.25) is 9.78 Å². The predicted octanol–water partition coefficient (Wildman–Crippen LogP) is 5.13. The lowest BCUT2D eigenvalue weighted by Gasteiger charge is -2.60. The predicted molar refractivity (Wildman–Crippen MR) is 126 cm³/mol. The zero-order valence-electron chi connectivity index (χ0n) is 19.7. The molecule has 1 aromatic heterocycles. The van der Waals surface area contributed by atoms with Gasteiger partial charge >= 0.3 is 0 Å². The summed E-state index contributed by atoms with van der Waals surface area (Å²) in [5, 5.41) is 14.8. The van der Waals surface area contributed by atoms with Crippen molar-refractivity contribution in [3.63, 3.8) is 0 Å². The van der Waals surface area contributed by atoms with Crippen LogP contribution in [0.1, 0.15) is 82.5 Å². The maximum Gasteiger partial charge on any atom is 0.271 e. The van der Waals surface area contributed by atoms with E-state index in [-0.39, 0.29) is 17.4 Å². The van der Waals surface area contributed by atoms with E-state index in [0.717, 1.165) is 36.8 Å². The lowest BCUT2D eigenvalue weighted by atomic mass is 9.44. The minimum Gasteiger partial charge on any atom is -0.393 e. The molecule has 1 amide bonds. The van der Waals surface area contributed by atoms with Gasteiger partial charge in [0, 0.05) is 18.0 Å². The van der Waals surface area contributed by atoms with Crippen molar-refractivity contribution in [3.05, 3.63) is 41.7 Å². The van der Waals surface area contributed by atoms with Gasteiger partial charge in [-0.15, -0.1) is 0 Å². The number of hydrogen-bond acceptors (Lipinski definition) is 4. The van der Waals surface area contributed by atoms with Crippen molar-refractivity contribution >= 4 is 11.6 Å². The van der Waals surface area contributed by atoms with Crippen LogP contribution in [0.2, 0.25) is 0 Å². The van der Waals surface area contributed by atoms with Crippen LogP contribution in [0.15, 0.2) is 41.3 Å². The standard InChI is InChI=1S/C27H37N3O2/c1-17(29-30-25(32)18-10-14-28-15-11-18)22-6-7-23-21-5-4-19-16-20(31)8-12-26(19,2)24(21)9-13-27(22,23)3/h6,10-11,14-15,19-21,23-24,31H,4-5,7-9,12-13,16H2,1-3H3,(H,30,32)/t19-,20+,21-,23+,24+,26+,27-/m1/s1. The van der Waals surface area contributed by atoms with Crippen LogP contribution in [-0.4, -0.2) is 27.8 Å². The zero-order valence-corrected chi connectivity index (χ0v) is 19.7. The number of nitrogens with one attached hydrogen (secondary N) is 1. The minimum atomic E-state index is -0.193. The van der Waals surface area contributed by atoms with Crippen molar-refractivity contribution in [2.24, 2.45) is 39.6 Å². The molecule has 0 spiro atoms. The molecule has 0 radical (unpaired) electrons. The van der Waals surface area contributed by atoms with E-state index < -0.39 is 0 Å². The maximum absolute atomic E-state index is 12.4. The number of fused-ring (bicyclic) bond motifs is 5. The average molecular weight is 436 g/mol. The number of rotatable bonds is 3. The van der Waals surface area contributed by atoms with Gasteiger partial charge in [-0.1, -0.05) is 19.9 Å². The Morgan fingerprint density at radius 1 is 1.12 bits per heavy atom. The van der Waals surface area contributed by atoms with Crippen LogP contribution in [0.4, 0.5) is 0 Å². The van der Waals surface area contributed by atoms with Crippen LogP contribution < -0.4 is 5.43 Å². The number of amides is 1. The second kappa shape index (κ2) is 8.09. The third-order valence-corrected chi connectivity index (χ3v) is 9.88. The fourth-order valence-electron chi connectivity index (χ4n) is 8.13. The van der Waals surface area contributed by atoms with E-state index >= 15 is 0 Å². The van der Waals surface area contributed by atoms with Gasteiger partial charge in [0.05, 0.1) is 11.8 Å². The van der Waals surface area contributed by atoms with Crippen molar-refractivity contribution in [1.82, 2.24) is 10.4 Å². The molecule has 2 N–H and O–H groups in total. The normalized spacial score (nSPS) is 41.2. The highest BCUT2D eigenvalue weighted by Gasteiger charge is 2.58. The molecule has 4 aliphatic rings. The van der Waals surface area contributed by atoms with Crippen LogP contribution in [0, 0.1) is 34.5 Å². The van der Waals surface area contributed by atoms with Crippen LogP contribution >= 0.6 is 0 Å². The Balaban J connectivity index is 1.32. The van der Waals surface area contributed by atoms with E-state index in [1.807, 2.05) is 6.92 Å². The Kier molecular flexibility index (Phi) is 5.51. The van der Waals surface area contributed by atoms with Crippen LogP contribution in [0.3, 0.4) is 0 Å². The van der Waals surface area contributed by atoms with Crippen LogP contribution in [-0.2, 0) is 0 Å². The molecule has 5 heteroatoms. The van der Waals surface area contributed by atoms with Crippen molar-refractivity contribution in [2.75, 3.05) is 0 Å². The second-order valence-electron chi connectivity index (χ2n) is 11.3. The van der Waals surface area contributed by atoms with Gasteiger partial charge in [0.1, 0.15) is 0 Å². The van der Waals surface area contributed by atoms with Gasteiger partial charge in [0.2, 0.25) is 0 Å². The Labute approximate surface area is 191 Å². The molecule has 0 aliphatic heterocycles. The number of carbonyl (C=O) groups is 1. The molecule has 5 nitrogen and oxygen atoms in total. The van der Waals surface area contributed by atoms with Crippen LogP contribution in [0.25, 0.3) is 0 Å². The molecule has 1 heterocycles. The van der Waals surface area contributed by atoms with Crippen molar-refractivity contribution < 1.29 is 9.90 Å².